The third-order valence-electron chi connectivity index (χ3n) is 2.52. The standard InChI is InChI=1S/C11H13N3O4S2/c1-14-4-3-8(6-14)5-13-20(16,17)11-9(10(15)18-2)12-7-19-11/h3-4,6-7,13H,5H2,1-2H3. The molecule has 20 heavy (non-hydrogen) atoms. The third kappa shape index (κ3) is 3.06. The van der Waals surface area contributed by atoms with Crippen molar-refractivity contribution in [2.45, 2.75) is 10.8 Å². The summed E-state index contributed by atoms with van der Waals surface area (Å²) >= 11 is 0.873. The Balaban J connectivity index is 2.18. The molecule has 0 fully saturated rings. The molecule has 108 valence electrons. The Morgan fingerprint density at radius 2 is 2.30 bits per heavy atom. The smallest absolute Gasteiger partial charge is 0.358 e. The first kappa shape index (κ1) is 14.7. The highest BCUT2D eigenvalue weighted by Crippen LogP contribution is 2.20. The van der Waals surface area contributed by atoms with Gasteiger partial charge in [-0.1, -0.05) is 0 Å². The Bertz CT molecular complexity index is 718. The summed E-state index contributed by atoms with van der Waals surface area (Å²) in [5.41, 5.74) is 1.92. The summed E-state index contributed by atoms with van der Waals surface area (Å²) in [5.74, 6) is -0.772. The van der Waals surface area contributed by atoms with Crippen LogP contribution in [0.3, 0.4) is 0 Å². The Morgan fingerprint density at radius 1 is 1.55 bits per heavy atom. The average Bonchev–Trinajstić information content (AvgIpc) is 3.04. The van der Waals surface area contributed by atoms with E-state index in [0.29, 0.717) is 0 Å². The predicted molar refractivity (Wildman–Crippen MR) is 72.9 cm³/mol. The van der Waals surface area contributed by atoms with Gasteiger partial charge in [-0.3, -0.25) is 0 Å². The van der Waals surface area contributed by atoms with E-state index in [9.17, 15) is 13.2 Å². The van der Waals surface area contributed by atoms with Crippen LogP contribution in [0.4, 0.5) is 0 Å². The van der Waals surface area contributed by atoms with Crippen LogP contribution in [-0.2, 0) is 28.4 Å². The van der Waals surface area contributed by atoms with Gasteiger partial charge in [0, 0.05) is 26.0 Å². The molecule has 0 atom stereocenters. The highest BCUT2D eigenvalue weighted by molar-refractivity contribution is 7.91. The number of carbonyl (C=O) groups excluding carboxylic acids is 1. The molecule has 7 nitrogen and oxygen atoms in total. The average molecular weight is 315 g/mol. The van der Waals surface area contributed by atoms with E-state index in [1.807, 2.05) is 17.8 Å². The number of sulfonamides is 1. The molecule has 2 aromatic rings. The van der Waals surface area contributed by atoms with Gasteiger partial charge in [-0.25, -0.2) is 22.9 Å². The number of rotatable bonds is 5. The number of nitrogens with one attached hydrogen (secondary N) is 1. The van der Waals surface area contributed by atoms with Gasteiger partial charge in [0.15, 0.2) is 9.90 Å². The number of methoxy groups -OCH3 is 1. The lowest BCUT2D eigenvalue weighted by atomic mass is 10.4. The van der Waals surface area contributed by atoms with Crippen LogP contribution in [0.25, 0.3) is 0 Å². The normalized spacial score (nSPS) is 11.5. The minimum Gasteiger partial charge on any atom is -0.464 e. The number of thiazole rings is 1. The summed E-state index contributed by atoms with van der Waals surface area (Å²) in [4.78, 5) is 15.2. The van der Waals surface area contributed by atoms with Crippen LogP contribution in [0.1, 0.15) is 16.1 Å². The van der Waals surface area contributed by atoms with Gasteiger partial charge < -0.3 is 9.30 Å². The molecule has 2 heterocycles. The Kier molecular flexibility index (Phi) is 4.21. The molecule has 0 saturated carbocycles. The fourth-order valence-electron chi connectivity index (χ4n) is 1.57. The quantitative estimate of drug-likeness (QED) is 0.822. The largest absolute Gasteiger partial charge is 0.464 e. The van der Waals surface area contributed by atoms with Crippen LogP contribution in [0.15, 0.2) is 28.2 Å². The first-order valence-corrected chi connectivity index (χ1v) is 7.92. The molecule has 0 aliphatic rings. The maximum absolute atomic E-state index is 12.2. The monoisotopic (exact) mass is 315 g/mol. The van der Waals surface area contributed by atoms with E-state index in [2.05, 4.69) is 14.4 Å². The number of carbonyl (C=O) groups is 1. The van der Waals surface area contributed by atoms with Gasteiger partial charge in [0.05, 0.1) is 12.6 Å². The van der Waals surface area contributed by atoms with Crippen LogP contribution in [0.5, 0.6) is 0 Å². The molecule has 2 rings (SSSR count). The minimum atomic E-state index is -3.80. The van der Waals surface area contributed by atoms with E-state index in [0.717, 1.165) is 16.9 Å². The first-order valence-electron chi connectivity index (χ1n) is 5.56. The van der Waals surface area contributed by atoms with Gasteiger partial charge in [0.1, 0.15) is 0 Å². The molecule has 2 aromatic heterocycles. The maximum Gasteiger partial charge on any atom is 0.358 e. The second kappa shape index (κ2) is 5.73. The molecule has 9 heteroatoms. The number of ether oxygens (including phenoxy) is 1. The van der Waals surface area contributed by atoms with E-state index < -0.39 is 16.0 Å². The predicted octanol–water partition coefficient (Wildman–Crippen LogP) is 0.747. The topological polar surface area (TPSA) is 90.3 Å². The number of aryl methyl sites for hydroxylation is 1. The molecule has 0 aliphatic heterocycles. The van der Waals surface area contributed by atoms with E-state index in [1.54, 1.807) is 12.3 Å². The number of esters is 1. The van der Waals surface area contributed by atoms with Crippen molar-refractivity contribution in [1.82, 2.24) is 14.3 Å². The molecule has 0 saturated heterocycles. The minimum absolute atomic E-state index is 0.139. The fourth-order valence-corrected chi connectivity index (χ4v) is 3.76. The number of nitrogens with zero attached hydrogens (tertiary/aromatic N) is 2. The van der Waals surface area contributed by atoms with Crippen molar-refractivity contribution in [2.75, 3.05) is 7.11 Å². The van der Waals surface area contributed by atoms with Crippen molar-refractivity contribution in [3.05, 3.63) is 35.2 Å². The maximum atomic E-state index is 12.2. The zero-order valence-corrected chi connectivity index (χ0v) is 12.5. The summed E-state index contributed by atoms with van der Waals surface area (Å²) in [6, 6.07) is 1.80. The number of hydrogen-bond donors (Lipinski definition) is 1. The fraction of sp³-hybridized carbons (Fsp3) is 0.273. The number of aromatic nitrogens is 2. The highest BCUT2D eigenvalue weighted by Gasteiger charge is 2.26. The van der Waals surface area contributed by atoms with E-state index in [1.165, 1.54) is 12.6 Å². The van der Waals surface area contributed by atoms with Crippen LogP contribution in [-0.4, -0.2) is 31.0 Å². The number of hydrogen-bond acceptors (Lipinski definition) is 6. The Hall–Kier alpha value is -1.71. The summed E-state index contributed by atoms with van der Waals surface area (Å²) in [6.07, 6.45) is 3.62. The zero-order chi connectivity index (χ0) is 14.8. The Labute approximate surface area is 120 Å². The second-order valence-corrected chi connectivity index (χ2v) is 6.81. The SMILES string of the molecule is COC(=O)c1ncsc1S(=O)(=O)NCc1ccn(C)c1. The zero-order valence-electron chi connectivity index (χ0n) is 10.9. The Morgan fingerprint density at radius 3 is 2.90 bits per heavy atom. The van der Waals surface area contributed by atoms with Crippen molar-refractivity contribution < 1.29 is 17.9 Å². The molecule has 0 aliphatic carbocycles. The lowest BCUT2D eigenvalue weighted by molar-refractivity contribution is 0.0590. The van der Waals surface area contributed by atoms with Crippen molar-refractivity contribution in [1.29, 1.82) is 0 Å². The lowest BCUT2D eigenvalue weighted by Gasteiger charge is -2.04. The van der Waals surface area contributed by atoms with Crippen LogP contribution >= 0.6 is 11.3 Å². The molecule has 1 N–H and O–H groups in total. The molecular formula is C11H13N3O4S2. The molecule has 0 bridgehead atoms. The van der Waals surface area contributed by atoms with Gasteiger partial charge in [-0.2, -0.15) is 0 Å². The lowest BCUT2D eigenvalue weighted by Crippen LogP contribution is -2.24. The van der Waals surface area contributed by atoms with Gasteiger partial charge in [-0.15, -0.1) is 11.3 Å². The molecule has 0 spiro atoms. The van der Waals surface area contributed by atoms with Gasteiger partial charge in [0.25, 0.3) is 10.0 Å². The van der Waals surface area contributed by atoms with Crippen molar-refractivity contribution in [3.63, 3.8) is 0 Å². The summed E-state index contributed by atoms with van der Waals surface area (Å²) in [7, 11) is -0.776. The van der Waals surface area contributed by atoms with Gasteiger partial charge in [0.2, 0.25) is 0 Å². The summed E-state index contributed by atoms with van der Waals surface area (Å²) in [5, 5.41) is 0. The van der Waals surface area contributed by atoms with Gasteiger partial charge in [-0.05, 0) is 11.6 Å². The first-order chi connectivity index (χ1) is 9.44. The van der Waals surface area contributed by atoms with Crippen LogP contribution in [0.2, 0.25) is 0 Å². The van der Waals surface area contributed by atoms with Crippen molar-refractivity contribution in [2.24, 2.45) is 7.05 Å². The van der Waals surface area contributed by atoms with Crippen molar-refractivity contribution >= 4 is 27.3 Å². The van der Waals surface area contributed by atoms with E-state index in [-0.39, 0.29) is 16.4 Å². The summed E-state index contributed by atoms with van der Waals surface area (Å²) in [6.45, 7) is 0.141. The van der Waals surface area contributed by atoms with Crippen LogP contribution in [0, 0.1) is 0 Å². The second-order valence-electron chi connectivity index (χ2n) is 3.99. The van der Waals surface area contributed by atoms with Crippen LogP contribution < -0.4 is 4.72 Å². The molecule has 0 amide bonds. The highest BCUT2D eigenvalue weighted by atomic mass is 32.2. The molecular weight excluding hydrogens is 302 g/mol. The van der Waals surface area contributed by atoms with Gasteiger partial charge >= 0.3 is 5.97 Å². The molecule has 0 unspecified atom stereocenters. The molecule has 0 aromatic carbocycles. The van der Waals surface area contributed by atoms with Crippen molar-refractivity contribution in [3.8, 4) is 0 Å². The third-order valence-corrected chi connectivity index (χ3v) is 5.29. The van der Waals surface area contributed by atoms with E-state index >= 15 is 0 Å². The molecule has 0 radical (unpaired) electrons. The summed E-state index contributed by atoms with van der Waals surface area (Å²) < 4.78 is 32.9. The van der Waals surface area contributed by atoms with E-state index in [4.69, 9.17) is 0 Å².